The molecule has 0 aliphatic carbocycles. The Morgan fingerprint density at radius 1 is 1.00 bits per heavy atom. The zero-order valence-electron chi connectivity index (χ0n) is 16.1. The molecular weight excluding hydrogens is 394 g/mol. The maximum Gasteiger partial charge on any atom is 0.340 e. The quantitative estimate of drug-likeness (QED) is 0.561. The maximum absolute atomic E-state index is 13.2. The van der Waals surface area contributed by atoms with Crippen LogP contribution in [-0.4, -0.2) is 32.1 Å². The minimum atomic E-state index is -0.613. The van der Waals surface area contributed by atoms with Crippen molar-refractivity contribution >= 4 is 41.2 Å². The molecule has 0 fully saturated rings. The number of halogens is 1. The summed E-state index contributed by atoms with van der Waals surface area (Å²) in [5.74, 6) is -1.47. The van der Waals surface area contributed by atoms with Crippen LogP contribution in [0.4, 0.5) is 5.69 Å². The average Bonchev–Trinajstić information content (AvgIpc) is 2.96. The first kappa shape index (κ1) is 20.4. The summed E-state index contributed by atoms with van der Waals surface area (Å²) in [5, 5.41) is 0.514. The number of methoxy groups -OCH3 is 2. The van der Waals surface area contributed by atoms with E-state index in [1.165, 1.54) is 19.1 Å². The van der Waals surface area contributed by atoms with Gasteiger partial charge in [0, 0.05) is 16.4 Å². The van der Waals surface area contributed by atoms with Crippen LogP contribution in [0.15, 0.2) is 65.4 Å². The largest absolute Gasteiger partial charge is 0.465 e. The summed E-state index contributed by atoms with van der Waals surface area (Å²) in [6.07, 6.45) is 1.60. The number of nitrogens with zero attached hydrogens (tertiary/aromatic N) is 1. The predicted molar refractivity (Wildman–Crippen MR) is 109 cm³/mol. The Balaban J connectivity index is 2.08. The number of esters is 2. The molecule has 0 atom stereocenters. The number of allylic oxidation sites excluding steroid dienone is 1. The monoisotopic (exact) mass is 411 g/mol. The molecule has 0 spiro atoms. The zero-order valence-corrected chi connectivity index (χ0v) is 16.8. The summed E-state index contributed by atoms with van der Waals surface area (Å²) in [6.45, 7) is 1.66. The van der Waals surface area contributed by atoms with E-state index in [9.17, 15) is 14.4 Å². The van der Waals surface area contributed by atoms with Crippen molar-refractivity contribution < 1.29 is 23.9 Å². The Labute approximate surface area is 173 Å². The molecule has 2 aromatic carbocycles. The van der Waals surface area contributed by atoms with Gasteiger partial charge in [0.2, 0.25) is 0 Å². The van der Waals surface area contributed by atoms with E-state index in [-0.39, 0.29) is 17.1 Å². The number of rotatable bonds is 4. The summed E-state index contributed by atoms with van der Waals surface area (Å²) in [4.78, 5) is 38.7. The molecule has 1 aliphatic heterocycles. The lowest BCUT2D eigenvalue weighted by Crippen LogP contribution is -2.24. The van der Waals surface area contributed by atoms with Crippen LogP contribution in [0.3, 0.4) is 0 Å². The minimum Gasteiger partial charge on any atom is -0.465 e. The van der Waals surface area contributed by atoms with Gasteiger partial charge >= 0.3 is 11.9 Å². The molecule has 0 radical (unpaired) electrons. The van der Waals surface area contributed by atoms with Crippen molar-refractivity contribution in [3.8, 4) is 0 Å². The molecule has 1 aliphatic rings. The normalized spacial score (nSPS) is 15.1. The zero-order chi connectivity index (χ0) is 21.1. The van der Waals surface area contributed by atoms with Gasteiger partial charge in [-0.3, -0.25) is 9.69 Å². The molecule has 0 saturated heterocycles. The number of hydrogen-bond acceptors (Lipinski definition) is 5. The Morgan fingerprint density at radius 3 is 2.24 bits per heavy atom. The lowest BCUT2D eigenvalue weighted by molar-refractivity contribution is -0.136. The second-order valence-corrected chi connectivity index (χ2v) is 6.68. The van der Waals surface area contributed by atoms with E-state index in [4.69, 9.17) is 21.1 Å². The Morgan fingerprint density at radius 2 is 1.66 bits per heavy atom. The van der Waals surface area contributed by atoms with Crippen LogP contribution in [0.1, 0.15) is 22.8 Å². The van der Waals surface area contributed by atoms with Crippen molar-refractivity contribution in [2.75, 3.05) is 19.1 Å². The fourth-order valence-electron chi connectivity index (χ4n) is 3.12. The number of hydrogen-bond donors (Lipinski definition) is 0. The van der Waals surface area contributed by atoms with Gasteiger partial charge < -0.3 is 9.47 Å². The molecule has 2 aromatic rings. The SMILES string of the molecule is COC(=O)C1=C(C)N(c2ccc(C(=O)OC)cc2)C(=O)C1=Cc1cccc(Cl)c1. The predicted octanol–water partition coefficient (Wildman–Crippen LogP) is 4.00. The lowest BCUT2D eigenvalue weighted by atomic mass is 10.0. The Bertz CT molecular complexity index is 1050. The van der Waals surface area contributed by atoms with Crippen LogP contribution in [-0.2, 0) is 19.1 Å². The van der Waals surface area contributed by atoms with Gasteiger partial charge in [-0.2, -0.15) is 0 Å². The van der Waals surface area contributed by atoms with Gasteiger partial charge in [-0.15, -0.1) is 0 Å². The summed E-state index contributed by atoms with van der Waals surface area (Å²) in [5.41, 5.74) is 2.35. The third kappa shape index (κ3) is 3.93. The fourth-order valence-corrected chi connectivity index (χ4v) is 3.32. The van der Waals surface area contributed by atoms with Crippen LogP contribution in [0.2, 0.25) is 5.02 Å². The lowest BCUT2D eigenvalue weighted by Gasteiger charge is -2.18. The van der Waals surface area contributed by atoms with Crippen molar-refractivity contribution in [1.82, 2.24) is 0 Å². The van der Waals surface area contributed by atoms with E-state index < -0.39 is 11.9 Å². The van der Waals surface area contributed by atoms with Crippen LogP contribution in [0.5, 0.6) is 0 Å². The fraction of sp³-hybridized carbons (Fsp3) is 0.136. The number of benzene rings is 2. The number of amides is 1. The third-order valence-corrected chi connectivity index (χ3v) is 4.73. The van der Waals surface area contributed by atoms with E-state index in [0.717, 1.165) is 0 Å². The molecule has 6 nitrogen and oxygen atoms in total. The standard InChI is InChI=1S/C22H18ClNO5/c1-13-19(22(27)29-3)18(12-14-5-4-6-16(23)11-14)20(25)24(13)17-9-7-15(8-10-17)21(26)28-2/h4-12H,1-3H3. The van der Waals surface area contributed by atoms with Crippen LogP contribution >= 0.6 is 11.6 Å². The van der Waals surface area contributed by atoms with Gasteiger partial charge in [0.15, 0.2) is 0 Å². The Hall–Kier alpha value is -3.38. The van der Waals surface area contributed by atoms with Crippen molar-refractivity contribution in [3.63, 3.8) is 0 Å². The molecule has 7 heteroatoms. The second-order valence-electron chi connectivity index (χ2n) is 6.24. The van der Waals surface area contributed by atoms with E-state index in [1.54, 1.807) is 61.5 Å². The van der Waals surface area contributed by atoms with E-state index in [2.05, 4.69) is 0 Å². The average molecular weight is 412 g/mol. The number of anilines is 1. The molecule has 0 bridgehead atoms. The summed E-state index contributed by atoms with van der Waals surface area (Å²) >= 11 is 6.03. The smallest absolute Gasteiger partial charge is 0.340 e. The molecule has 1 amide bonds. The molecular formula is C22H18ClNO5. The van der Waals surface area contributed by atoms with E-state index in [1.807, 2.05) is 0 Å². The highest BCUT2D eigenvalue weighted by molar-refractivity contribution is 6.30. The number of carbonyl (C=O) groups excluding carboxylic acids is 3. The number of ether oxygens (including phenoxy) is 2. The summed E-state index contributed by atoms with van der Waals surface area (Å²) in [6, 6.07) is 13.3. The van der Waals surface area contributed by atoms with Crippen molar-refractivity contribution in [2.24, 2.45) is 0 Å². The van der Waals surface area contributed by atoms with Gasteiger partial charge in [-0.05, 0) is 55.0 Å². The van der Waals surface area contributed by atoms with Crippen molar-refractivity contribution in [3.05, 3.63) is 81.5 Å². The topological polar surface area (TPSA) is 72.9 Å². The molecule has 0 saturated carbocycles. The molecule has 1 heterocycles. The number of carbonyl (C=O) groups is 3. The van der Waals surface area contributed by atoms with Crippen molar-refractivity contribution in [2.45, 2.75) is 6.92 Å². The van der Waals surface area contributed by atoms with Crippen molar-refractivity contribution in [1.29, 1.82) is 0 Å². The first-order chi connectivity index (χ1) is 13.9. The molecule has 0 unspecified atom stereocenters. The summed E-state index contributed by atoms with van der Waals surface area (Å²) in [7, 11) is 2.56. The van der Waals surface area contributed by atoms with Gasteiger partial charge in [-0.25, -0.2) is 9.59 Å². The molecule has 0 aromatic heterocycles. The summed E-state index contributed by atoms with van der Waals surface area (Å²) < 4.78 is 9.58. The van der Waals surface area contributed by atoms with Gasteiger partial charge in [-0.1, -0.05) is 23.7 Å². The highest BCUT2D eigenvalue weighted by atomic mass is 35.5. The molecule has 148 valence electrons. The van der Waals surface area contributed by atoms with E-state index in [0.29, 0.717) is 27.5 Å². The van der Waals surface area contributed by atoms with Crippen LogP contribution in [0.25, 0.3) is 6.08 Å². The molecule has 0 N–H and O–H groups in total. The first-order valence-electron chi connectivity index (χ1n) is 8.67. The minimum absolute atomic E-state index is 0.175. The molecule has 29 heavy (non-hydrogen) atoms. The maximum atomic E-state index is 13.2. The van der Waals surface area contributed by atoms with Crippen LogP contribution < -0.4 is 4.90 Å². The highest BCUT2D eigenvalue weighted by Gasteiger charge is 2.37. The van der Waals surface area contributed by atoms with Gasteiger partial charge in [0.05, 0.1) is 30.9 Å². The van der Waals surface area contributed by atoms with Gasteiger partial charge in [0.1, 0.15) is 0 Å². The highest BCUT2D eigenvalue weighted by Crippen LogP contribution is 2.35. The third-order valence-electron chi connectivity index (χ3n) is 4.50. The Kier molecular flexibility index (Phi) is 5.84. The van der Waals surface area contributed by atoms with Crippen LogP contribution in [0, 0.1) is 0 Å². The van der Waals surface area contributed by atoms with Gasteiger partial charge in [0.25, 0.3) is 5.91 Å². The van der Waals surface area contributed by atoms with E-state index >= 15 is 0 Å². The first-order valence-corrected chi connectivity index (χ1v) is 9.04. The molecule has 3 rings (SSSR count). The second kappa shape index (κ2) is 8.32.